The molecular formula is C27H34N6O4S. The van der Waals surface area contributed by atoms with Gasteiger partial charge in [0.2, 0.25) is 5.88 Å². The van der Waals surface area contributed by atoms with Crippen molar-refractivity contribution in [1.82, 2.24) is 19.8 Å². The van der Waals surface area contributed by atoms with Crippen molar-refractivity contribution < 1.29 is 19.1 Å². The van der Waals surface area contributed by atoms with Gasteiger partial charge in [-0.2, -0.15) is 0 Å². The Hall–Kier alpha value is -3.57. The third-order valence-electron chi connectivity index (χ3n) is 6.71. The van der Waals surface area contributed by atoms with E-state index in [1.54, 1.807) is 16.2 Å². The summed E-state index contributed by atoms with van der Waals surface area (Å²) in [5.74, 6) is -1.58. The number of fused-ring (bicyclic) bond motifs is 1. The van der Waals surface area contributed by atoms with Crippen molar-refractivity contribution in [3.8, 4) is 5.88 Å². The summed E-state index contributed by atoms with van der Waals surface area (Å²) in [4.78, 5) is 50.8. The summed E-state index contributed by atoms with van der Waals surface area (Å²) in [6, 6.07) is 7.24. The van der Waals surface area contributed by atoms with E-state index in [4.69, 9.17) is 15.5 Å². The van der Waals surface area contributed by atoms with E-state index in [1.807, 2.05) is 12.1 Å². The van der Waals surface area contributed by atoms with Gasteiger partial charge in [0.25, 0.3) is 5.91 Å². The van der Waals surface area contributed by atoms with E-state index in [1.165, 1.54) is 19.4 Å². The molecule has 202 valence electrons. The molecule has 0 saturated carbocycles. The monoisotopic (exact) mass is 538 g/mol. The molecule has 3 aromatic rings. The predicted molar refractivity (Wildman–Crippen MR) is 147 cm³/mol. The number of amides is 3. The predicted octanol–water partition coefficient (Wildman–Crippen LogP) is 3.40. The van der Waals surface area contributed by atoms with E-state index in [9.17, 15) is 14.4 Å². The topological polar surface area (TPSA) is 131 Å². The van der Waals surface area contributed by atoms with Gasteiger partial charge in [0.1, 0.15) is 5.56 Å². The van der Waals surface area contributed by atoms with Gasteiger partial charge in [-0.15, -0.1) is 11.3 Å². The molecule has 10 nitrogen and oxygen atoms in total. The van der Waals surface area contributed by atoms with E-state index >= 15 is 0 Å². The van der Waals surface area contributed by atoms with Crippen molar-refractivity contribution in [3.63, 3.8) is 0 Å². The molecule has 3 heterocycles. The van der Waals surface area contributed by atoms with Crippen molar-refractivity contribution in [2.45, 2.75) is 38.6 Å². The Labute approximate surface area is 226 Å². The number of pyridine rings is 1. The maximum atomic E-state index is 13.4. The second-order valence-corrected chi connectivity index (χ2v) is 11.3. The molecule has 1 aliphatic rings. The maximum Gasteiger partial charge on any atom is 0.313 e. The molecule has 11 heteroatoms. The molecule has 0 bridgehead atoms. The van der Waals surface area contributed by atoms with Crippen molar-refractivity contribution in [3.05, 3.63) is 46.6 Å². The van der Waals surface area contributed by atoms with Gasteiger partial charge in [0, 0.05) is 19.0 Å². The van der Waals surface area contributed by atoms with Gasteiger partial charge in [0.05, 0.1) is 40.3 Å². The molecular weight excluding hydrogens is 504 g/mol. The minimum atomic E-state index is -0.805. The number of nitrogens with two attached hydrogens (primary N) is 1. The third-order valence-corrected chi connectivity index (χ3v) is 7.98. The quantitative estimate of drug-likeness (QED) is 0.441. The lowest BCUT2D eigenvalue weighted by atomic mass is 9.89. The molecule has 2 aromatic heterocycles. The van der Waals surface area contributed by atoms with Crippen LogP contribution in [-0.2, 0) is 9.59 Å². The van der Waals surface area contributed by atoms with Gasteiger partial charge in [-0.3, -0.25) is 14.4 Å². The van der Waals surface area contributed by atoms with E-state index in [0.717, 1.165) is 40.2 Å². The third kappa shape index (κ3) is 5.94. The number of carbonyl (C=O) groups is 3. The van der Waals surface area contributed by atoms with Crippen LogP contribution in [0.4, 0.5) is 5.69 Å². The summed E-state index contributed by atoms with van der Waals surface area (Å²) in [6.07, 6.45) is 3.01. The number of nitrogens with zero attached hydrogens (tertiary/aromatic N) is 4. The molecule has 3 amide bonds. The number of hydrogen-bond acceptors (Lipinski definition) is 8. The number of primary amides is 1. The fourth-order valence-electron chi connectivity index (χ4n) is 4.90. The first-order valence-electron chi connectivity index (χ1n) is 12.6. The minimum absolute atomic E-state index is 0.0121. The fourth-order valence-corrected chi connectivity index (χ4v) is 5.89. The normalized spacial score (nSPS) is 18.4. The standard InChI is InChI=1S/C27H34N6O4S/c1-15-6-8-21(17-7-9-22-20(10-17)31-26(38-22)16(2)14-32(3)4)33(13-15)27(36)24(35)30-18-11-19(23(28)34)25(37-5)29-12-18/h7,9-12,15-16,21H,6,8,13-14H2,1-5H3,(H2,28,34)(H,30,35)/t15-,16?,21+/m0/s1. The van der Waals surface area contributed by atoms with Gasteiger partial charge in [-0.05, 0) is 56.6 Å². The van der Waals surface area contributed by atoms with Crippen LogP contribution in [-0.4, -0.2) is 71.8 Å². The molecule has 0 radical (unpaired) electrons. The lowest BCUT2D eigenvalue weighted by Gasteiger charge is -2.38. The first kappa shape index (κ1) is 27.5. The number of benzene rings is 1. The number of thiazole rings is 1. The number of aromatic nitrogens is 2. The highest BCUT2D eigenvalue weighted by molar-refractivity contribution is 7.18. The summed E-state index contributed by atoms with van der Waals surface area (Å²) < 4.78 is 6.14. The molecule has 1 aromatic carbocycles. The van der Waals surface area contributed by atoms with Crippen LogP contribution in [0.2, 0.25) is 0 Å². The number of piperidine rings is 1. The molecule has 0 aliphatic carbocycles. The lowest BCUT2D eigenvalue weighted by Crippen LogP contribution is -2.46. The maximum absolute atomic E-state index is 13.4. The average Bonchev–Trinajstić information content (AvgIpc) is 3.31. The van der Waals surface area contributed by atoms with Gasteiger partial charge >= 0.3 is 11.8 Å². The number of rotatable bonds is 7. The van der Waals surface area contributed by atoms with E-state index in [-0.39, 0.29) is 29.1 Å². The molecule has 1 aliphatic heterocycles. The van der Waals surface area contributed by atoms with Gasteiger partial charge in [-0.1, -0.05) is 19.9 Å². The van der Waals surface area contributed by atoms with Crippen LogP contribution in [0, 0.1) is 5.92 Å². The minimum Gasteiger partial charge on any atom is -0.480 e. The Bertz CT molecular complexity index is 1360. The SMILES string of the molecule is COc1ncc(NC(=O)C(=O)N2C[C@@H](C)CC[C@@H]2c2ccc3sc(C(C)CN(C)C)nc3c2)cc1C(N)=O. The molecule has 0 spiro atoms. The van der Waals surface area contributed by atoms with Crippen LogP contribution in [0.3, 0.4) is 0 Å². The molecule has 4 rings (SSSR count). The number of anilines is 1. The highest BCUT2D eigenvalue weighted by Gasteiger charge is 2.34. The number of likely N-dealkylation sites (N-methyl/N-ethyl adjacent to an activating group) is 1. The van der Waals surface area contributed by atoms with Crippen LogP contribution in [0.15, 0.2) is 30.5 Å². The van der Waals surface area contributed by atoms with Crippen molar-refractivity contribution in [2.24, 2.45) is 11.7 Å². The van der Waals surface area contributed by atoms with E-state index in [0.29, 0.717) is 12.5 Å². The molecule has 3 N–H and O–H groups in total. The van der Waals surface area contributed by atoms with Crippen LogP contribution in [0.25, 0.3) is 10.2 Å². The first-order chi connectivity index (χ1) is 18.1. The van der Waals surface area contributed by atoms with Crippen LogP contribution in [0.1, 0.15) is 59.6 Å². The second-order valence-electron chi connectivity index (χ2n) is 10.2. The Kier molecular flexibility index (Phi) is 8.27. The fraction of sp³-hybridized carbons (Fsp3) is 0.444. The smallest absolute Gasteiger partial charge is 0.313 e. The second kappa shape index (κ2) is 11.4. The summed E-state index contributed by atoms with van der Waals surface area (Å²) in [5, 5.41) is 3.64. The lowest BCUT2D eigenvalue weighted by molar-refractivity contribution is -0.146. The number of methoxy groups -OCH3 is 1. The number of likely N-dealkylation sites (tertiary alicyclic amines) is 1. The molecule has 38 heavy (non-hydrogen) atoms. The molecule has 1 unspecified atom stereocenters. The largest absolute Gasteiger partial charge is 0.480 e. The highest BCUT2D eigenvalue weighted by atomic mass is 32.1. The Balaban J connectivity index is 1.56. The van der Waals surface area contributed by atoms with Gasteiger partial charge in [-0.25, -0.2) is 9.97 Å². The number of nitrogens with one attached hydrogen (secondary N) is 1. The summed E-state index contributed by atoms with van der Waals surface area (Å²) in [7, 11) is 5.47. The Morgan fingerprint density at radius 3 is 2.71 bits per heavy atom. The summed E-state index contributed by atoms with van der Waals surface area (Å²) in [6.45, 7) is 5.62. The summed E-state index contributed by atoms with van der Waals surface area (Å²) >= 11 is 1.69. The number of ether oxygens (including phenoxy) is 1. The zero-order valence-corrected chi connectivity index (χ0v) is 23.2. The first-order valence-corrected chi connectivity index (χ1v) is 13.4. The highest BCUT2D eigenvalue weighted by Crippen LogP contribution is 2.36. The van der Waals surface area contributed by atoms with E-state index in [2.05, 4.69) is 49.2 Å². The van der Waals surface area contributed by atoms with Gasteiger partial charge < -0.3 is 25.6 Å². The Morgan fingerprint density at radius 1 is 1.26 bits per heavy atom. The molecule has 3 atom stereocenters. The molecule has 1 saturated heterocycles. The van der Waals surface area contributed by atoms with Crippen LogP contribution >= 0.6 is 11.3 Å². The Morgan fingerprint density at radius 2 is 2.03 bits per heavy atom. The van der Waals surface area contributed by atoms with Gasteiger partial charge in [0.15, 0.2) is 0 Å². The van der Waals surface area contributed by atoms with E-state index < -0.39 is 17.7 Å². The number of carbonyl (C=O) groups excluding carboxylic acids is 3. The van der Waals surface area contributed by atoms with Crippen molar-refractivity contribution in [1.29, 1.82) is 0 Å². The summed E-state index contributed by atoms with van der Waals surface area (Å²) in [5.41, 5.74) is 7.46. The number of hydrogen-bond donors (Lipinski definition) is 2. The average molecular weight is 539 g/mol. The molecule has 1 fully saturated rings. The van der Waals surface area contributed by atoms with Crippen molar-refractivity contribution in [2.75, 3.05) is 39.6 Å². The van der Waals surface area contributed by atoms with Crippen molar-refractivity contribution >= 4 is 45.0 Å². The van der Waals surface area contributed by atoms with Crippen LogP contribution in [0.5, 0.6) is 5.88 Å². The zero-order chi connectivity index (χ0) is 27.6. The van der Waals surface area contributed by atoms with Crippen LogP contribution < -0.4 is 15.8 Å². The zero-order valence-electron chi connectivity index (χ0n) is 22.4.